The summed E-state index contributed by atoms with van der Waals surface area (Å²) >= 11 is 7.53. The molecule has 8 nitrogen and oxygen atoms in total. The number of aliphatic carboxylic acids is 1. The van der Waals surface area contributed by atoms with Crippen LogP contribution in [0.2, 0.25) is 5.02 Å². The lowest BCUT2D eigenvalue weighted by Crippen LogP contribution is -2.37. The van der Waals surface area contributed by atoms with Gasteiger partial charge in [-0.2, -0.15) is 0 Å². The molecular weight excluding hydrogens is 599 g/mol. The molecule has 0 bridgehead atoms. The molecule has 11 heteroatoms. The third kappa shape index (κ3) is 7.64. The van der Waals surface area contributed by atoms with E-state index in [-0.39, 0.29) is 23.8 Å². The predicted octanol–water partition coefficient (Wildman–Crippen LogP) is 6.08. The molecule has 3 aromatic rings. The van der Waals surface area contributed by atoms with Crippen LogP contribution >= 0.6 is 23.4 Å². The van der Waals surface area contributed by atoms with Crippen LogP contribution in [0.4, 0.5) is 4.39 Å². The average molecular weight is 627 g/mol. The lowest BCUT2D eigenvalue weighted by Gasteiger charge is -2.33. The SMILES string of the molecule is O=C(O)C1=CC2(CCC1SCc1ccc(F)cc1Cl)O[C@H](COC(=O)c1ccccc1)[C@@H](COC(=O)c1ccccc1)O2. The third-order valence-electron chi connectivity index (χ3n) is 7.07. The predicted molar refractivity (Wildman–Crippen MR) is 157 cm³/mol. The van der Waals surface area contributed by atoms with Gasteiger partial charge in [0.25, 0.3) is 0 Å². The summed E-state index contributed by atoms with van der Waals surface area (Å²) in [5, 5.41) is 9.92. The van der Waals surface area contributed by atoms with Gasteiger partial charge in [0.2, 0.25) is 0 Å². The minimum absolute atomic E-state index is 0.0800. The minimum atomic E-state index is -1.42. The van der Waals surface area contributed by atoms with Crippen LogP contribution in [0.3, 0.4) is 0 Å². The molecule has 1 N–H and O–H groups in total. The smallest absolute Gasteiger partial charge is 0.338 e. The monoisotopic (exact) mass is 626 g/mol. The molecule has 1 spiro atoms. The lowest BCUT2D eigenvalue weighted by atomic mass is 9.94. The first-order chi connectivity index (χ1) is 20.7. The second-order valence-electron chi connectivity index (χ2n) is 10.0. The Morgan fingerprint density at radius 2 is 1.47 bits per heavy atom. The van der Waals surface area contributed by atoms with Crippen molar-refractivity contribution in [2.45, 2.75) is 41.8 Å². The second-order valence-corrected chi connectivity index (χ2v) is 11.6. The molecule has 0 aromatic heterocycles. The van der Waals surface area contributed by atoms with E-state index < -0.39 is 47.0 Å². The van der Waals surface area contributed by atoms with Gasteiger partial charge in [0.15, 0.2) is 5.79 Å². The van der Waals surface area contributed by atoms with Gasteiger partial charge in [-0.1, -0.05) is 54.1 Å². The minimum Gasteiger partial charge on any atom is -0.478 e. The number of carbonyl (C=O) groups is 3. The molecule has 1 fully saturated rings. The zero-order valence-corrected chi connectivity index (χ0v) is 24.4. The molecule has 1 unspecified atom stereocenters. The van der Waals surface area contributed by atoms with Gasteiger partial charge >= 0.3 is 17.9 Å². The number of ether oxygens (including phenoxy) is 4. The number of carboxylic acid groups (broad SMARTS) is 1. The van der Waals surface area contributed by atoms with Gasteiger partial charge in [0.05, 0.1) is 16.7 Å². The summed E-state index contributed by atoms with van der Waals surface area (Å²) in [4.78, 5) is 37.6. The van der Waals surface area contributed by atoms with Crippen LogP contribution in [-0.4, -0.2) is 59.5 Å². The number of hydrogen-bond donors (Lipinski definition) is 1. The highest BCUT2D eigenvalue weighted by atomic mass is 35.5. The standard InChI is InChI=1S/C32H28ClFO8S/c33-25-15-23(34)12-11-22(25)19-43-28-13-14-32(16-24(28)29(35)36)41-26(17-39-30(37)20-7-3-1-4-8-20)27(42-32)18-40-31(38)21-9-5-2-6-10-21/h1-12,15-16,26-28H,13-14,17-19H2,(H,35,36)/t26-,27-,28?/m1/s1. The Balaban J connectivity index is 1.31. The van der Waals surface area contributed by atoms with Crippen LogP contribution < -0.4 is 0 Å². The van der Waals surface area contributed by atoms with Gasteiger partial charge in [0, 0.05) is 22.4 Å². The Kier molecular flexibility index (Phi) is 9.82. The van der Waals surface area contributed by atoms with E-state index in [1.165, 1.54) is 30.0 Å². The molecule has 1 heterocycles. The molecule has 1 aliphatic carbocycles. The second kappa shape index (κ2) is 13.7. The third-order valence-corrected chi connectivity index (χ3v) is 8.79. The fraction of sp³-hybridized carbons (Fsp3) is 0.281. The van der Waals surface area contributed by atoms with E-state index >= 15 is 0 Å². The van der Waals surface area contributed by atoms with Crippen molar-refractivity contribution < 1.29 is 42.8 Å². The highest BCUT2D eigenvalue weighted by Crippen LogP contribution is 2.43. The molecule has 0 amide bonds. The summed E-state index contributed by atoms with van der Waals surface area (Å²) in [6.07, 6.45) is 0.433. The largest absolute Gasteiger partial charge is 0.478 e. The van der Waals surface area contributed by atoms with E-state index in [0.29, 0.717) is 35.3 Å². The van der Waals surface area contributed by atoms with Crippen LogP contribution in [0, 0.1) is 5.82 Å². The molecule has 3 aromatic carbocycles. The van der Waals surface area contributed by atoms with Crippen LogP contribution in [-0.2, 0) is 29.5 Å². The van der Waals surface area contributed by atoms with Crippen molar-refractivity contribution in [1.82, 2.24) is 0 Å². The van der Waals surface area contributed by atoms with E-state index in [0.717, 1.165) is 0 Å². The first kappa shape index (κ1) is 30.7. The maximum atomic E-state index is 13.5. The Hall–Kier alpha value is -3.70. The molecular formula is C32H28ClFO8S. The van der Waals surface area contributed by atoms with Crippen molar-refractivity contribution in [2.24, 2.45) is 0 Å². The zero-order valence-electron chi connectivity index (χ0n) is 22.8. The van der Waals surface area contributed by atoms with Gasteiger partial charge in [0.1, 0.15) is 31.2 Å². The lowest BCUT2D eigenvalue weighted by molar-refractivity contribution is -0.153. The quantitative estimate of drug-likeness (QED) is 0.268. The van der Waals surface area contributed by atoms with Gasteiger partial charge in [-0.3, -0.25) is 0 Å². The van der Waals surface area contributed by atoms with Crippen LogP contribution in [0.15, 0.2) is 90.5 Å². The number of benzene rings is 3. The maximum Gasteiger partial charge on any atom is 0.338 e. The van der Waals surface area contributed by atoms with Crippen molar-refractivity contribution in [3.63, 3.8) is 0 Å². The first-order valence-electron chi connectivity index (χ1n) is 13.5. The molecule has 1 saturated heterocycles. The molecule has 43 heavy (non-hydrogen) atoms. The van der Waals surface area contributed by atoms with Crippen molar-refractivity contribution in [1.29, 1.82) is 0 Å². The van der Waals surface area contributed by atoms with Crippen molar-refractivity contribution >= 4 is 41.3 Å². The van der Waals surface area contributed by atoms with Crippen molar-refractivity contribution in [3.05, 3.63) is 118 Å². The van der Waals surface area contributed by atoms with E-state index in [2.05, 4.69) is 0 Å². The summed E-state index contributed by atoms with van der Waals surface area (Å²) in [6.45, 7) is -0.416. The summed E-state index contributed by atoms with van der Waals surface area (Å²) in [7, 11) is 0. The van der Waals surface area contributed by atoms with Gasteiger partial charge in [-0.25, -0.2) is 18.8 Å². The van der Waals surface area contributed by atoms with Crippen LogP contribution in [0.25, 0.3) is 0 Å². The summed E-state index contributed by atoms with van der Waals surface area (Å²) in [5.41, 5.74) is 1.48. The molecule has 224 valence electrons. The number of halogens is 2. The van der Waals surface area contributed by atoms with Crippen molar-refractivity contribution in [2.75, 3.05) is 13.2 Å². The number of esters is 2. The summed E-state index contributed by atoms with van der Waals surface area (Å²) in [6, 6.07) is 21.0. The van der Waals surface area contributed by atoms with Gasteiger partial charge in [-0.15, -0.1) is 11.8 Å². The molecule has 5 rings (SSSR count). The van der Waals surface area contributed by atoms with Gasteiger partial charge in [-0.05, 0) is 54.5 Å². The molecule has 3 atom stereocenters. The Morgan fingerprint density at radius 1 is 0.907 bits per heavy atom. The van der Waals surface area contributed by atoms with Gasteiger partial charge < -0.3 is 24.1 Å². The Bertz CT molecular complexity index is 1440. The summed E-state index contributed by atoms with van der Waals surface area (Å²) in [5.74, 6) is -3.77. The highest BCUT2D eigenvalue weighted by molar-refractivity contribution is 7.99. The number of carboxylic acids is 1. The number of hydrogen-bond acceptors (Lipinski definition) is 8. The fourth-order valence-electron chi connectivity index (χ4n) is 4.88. The van der Waals surface area contributed by atoms with Crippen LogP contribution in [0.5, 0.6) is 0 Å². The number of rotatable bonds is 10. The Labute approximate surface area is 256 Å². The number of thioether (sulfide) groups is 1. The normalized spacial score (nSPS) is 20.8. The molecule has 2 aliphatic rings. The summed E-state index contributed by atoms with van der Waals surface area (Å²) < 4.78 is 37.0. The zero-order chi connectivity index (χ0) is 30.4. The highest BCUT2D eigenvalue weighted by Gasteiger charge is 2.50. The van der Waals surface area contributed by atoms with E-state index in [1.807, 2.05) is 0 Å². The van der Waals surface area contributed by atoms with E-state index in [4.69, 9.17) is 30.5 Å². The van der Waals surface area contributed by atoms with E-state index in [9.17, 15) is 23.9 Å². The van der Waals surface area contributed by atoms with Crippen molar-refractivity contribution in [3.8, 4) is 0 Å². The topological polar surface area (TPSA) is 108 Å². The average Bonchev–Trinajstić information content (AvgIpc) is 3.35. The molecule has 1 aliphatic heterocycles. The van der Waals surface area contributed by atoms with E-state index in [1.54, 1.807) is 66.7 Å². The molecule has 0 radical (unpaired) electrons. The Morgan fingerprint density at radius 3 is 1.98 bits per heavy atom. The molecule has 0 saturated carbocycles. The van der Waals surface area contributed by atoms with Crippen LogP contribution in [0.1, 0.15) is 39.1 Å². The number of carbonyl (C=O) groups excluding carboxylic acids is 2. The maximum absolute atomic E-state index is 13.5. The first-order valence-corrected chi connectivity index (χ1v) is 15.0. The fourth-order valence-corrected chi connectivity index (χ4v) is 6.46.